The molecule has 0 bridgehead atoms. The predicted octanol–water partition coefficient (Wildman–Crippen LogP) is 1.29. The number of aliphatic imine (C=N–C) groups is 1. The first-order chi connectivity index (χ1) is 5.70. The third-order valence-electron chi connectivity index (χ3n) is 2.68. The highest BCUT2D eigenvalue weighted by atomic mass is 14.8. The first kappa shape index (κ1) is 7.74. The van der Waals surface area contributed by atoms with Crippen molar-refractivity contribution in [3.05, 3.63) is 23.8 Å². The van der Waals surface area contributed by atoms with Gasteiger partial charge in [-0.3, -0.25) is 4.99 Å². The lowest BCUT2D eigenvalue weighted by Crippen LogP contribution is -2.45. The molecular weight excluding hydrogens is 148 g/mol. The molecule has 2 heteroatoms. The highest BCUT2D eigenvalue weighted by Gasteiger charge is 2.32. The Balaban J connectivity index is 2.36. The molecule has 1 heterocycles. The van der Waals surface area contributed by atoms with Crippen LogP contribution >= 0.6 is 0 Å². The zero-order valence-electron chi connectivity index (χ0n) is 7.33. The standard InChI is InChI=1S/C10H14N2/c1-10(11)5-2-3-8-7-12-6-4-9(8)10/h2-3,5,7,9H,4,6,11H2,1H3. The van der Waals surface area contributed by atoms with E-state index in [9.17, 15) is 0 Å². The van der Waals surface area contributed by atoms with Crippen molar-refractivity contribution in [2.24, 2.45) is 16.6 Å². The van der Waals surface area contributed by atoms with Crippen molar-refractivity contribution >= 4 is 6.21 Å². The van der Waals surface area contributed by atoms with E-state index in [0.717, 1.165) is 13.0 Å². The van der Waals surface area contributed by atoms with Gasteiger partial charge in [-0.05, 0) is 18.9 Å². The Bertz CT molecular complexity index is 272. The normalized spacial score (nSPS) is 39.2. The average Bonchev–Trinajstić information content (AvgIpc) is 2.04. The molecule has 2 aliphatic rings. The summed E-state index contributed by atoms with van der Waals surface area (Å²) in [5.74, 6) is 0.472. The van der Waals surface area contributed by atoms with Crippen LogP contribution in [0.5, 0.6) is 0 Å². The number of fused-ring (bicyclic) bond motifs is 1. The van der Waals surface area contributed by atoms with Crippen molar-refractivity contribution in [3.8, 4) is 0 Å². The van der Waals surface area contributed by atoms with Crippen molar-refractivity contribution in [1.82, 2.24) is 0 Å². The van der Waals surface area contributed by atoms with E-state index in [0.29, 0.717) is 5.92 Å². The van der Waals surface area contributed by atoms with Crippen molar-refractivity contribution in [2.45, 2.75) is 18.9 Å². The molecule has 0 radical (unpaired) electrons. The topological polar surface area (TPSA) is 38.4 Å². The Hall–Kier alpha value is -0.890. The van der Waals surface area contributed by atoms with Gasteiger partial charge in [-0.25, -0.2) is 0 Å². The number of hydrogen-bond acceptors (Lipinski definition) is 2. The monoisotopic (exact) mass is 162 g/mol. The van der Waals surface area contributed by atoms with Gasteiger partial charge in [-0.15, -0.1) is 0 Å². The van der Waals surface area contributed by atoms with Gasteiger partial charge in [0.25, 0.3) is 0 Å². The summed E-state index contributed by atoms with van der Waals surface area (Å²) in [6.07, 6.45) is 9.27. The zero-order chi connectivity index (χ0) is 8.60. The minimum atomic E-state index is -0.170. The van der Waals surface area contributed by atoms with E-state index in [1.807, 2.05) is 12.3 Å². The van der Waals surface area contributed by atoms with Crippen molar-refractivity contribution < 1.29 is 0 Å². The Morgan fingerprint density at radius 3 is 3.25 bits per heavy atom. The second kappa shape index (κ2) is 2.56. The summed E-state index contributed by atoms with van der Waals surface area (Å²) in [6.45, 7) is 3.00. The van der Waals surface area contributed by atoms with Crippen LogP contribution in [-0.2, 0) is 0 Å². The second-order valence-electron chi connectivity index (χ2n) is 3.77. The van der Waals surface area contributed by atoms with E-state index in [4.69, 9.17) is 5.73 Å². The van der Waals surface area contributed by atoms with Gasteiger partial charge in [0.15, 0.2) is 0 Å². The molecule has 0 aromatic heterocycles. The quantitative estimate of drug-likeness (QED) is 0.572. The lowest BCUT2D eigenvalue weighted by atomic mass is 9.75. The third-order valence-corrected chi connectivity index (χ3v) is 2.68. The Kier molecular flexibility index (Phi) is 1.65. The van der Waals surface area contributed by atoms with Crippen LogP contribution in [0.25, 0.3) is 0 Å². The Morgan fingerprint density at radius 2 is 2.50 bits per heavy atom. The smallest absolute Gasteiger partial charge is 0.0396 e. The van der Waals surface area contributed by atoms with Crippen LogP contribution in [0, 0.1) is 5.92 Å². The molecule has 2 rings (SSSR count). The van der Waals surface area contributed by atoms with E-state index in [1.165, 1.54) is 5.57 Å². The van der Waals surface area contributed by atoms with Crippen molar-refractivity contribution in [3.63, 3.8) is 0 Å². The van der Waals surface area contributed by atoms with Gasteiger partial charge in [0.1, 0.15) is 0 Å². The summed E-state index contributed by atoms with van der Waals surface area (Å²) in [4.78, 5) is 4.24. The van der Waals surface area contributed by atoms with Gasteiger partial charge in [0, 0.05) is 24.2 Å². The SMILES string of the molecule is CC1(N)C=CC=C2C=NCCC21. The molecule has 0 aromatic carbocycles. The lowest BCUT2D eigenvalue weighted by Gasteiger charge is -2.35. The summed E-state index contributed by atoms with van der Waals surface area (Å²) in [5.41, 5.74) is 7.26. The maximum atomic E-state index is 6.14. The summed E-state index contributed by atoms with van der Waals surface area (Å²) >= 11 is 0. The van der Waals surface area contributed by atoms with Gasteiger partial charge >= 0.3 is 0 Å². The fourth-order valence-electron chi connectivity index (χ4n) is 1.94. The maximum absolute atomic E-state index is 6.14. The molecule has 12 heavy (non-hydrogen) atoms. The van der Waals surface area contributed by atoms with Crippen LogP contribution < -0.4 is 5.73 Å². The molecule has 64 valence electrons. The minimum absolute atomic E-state index is 0.170. The van der Waals surface area contributed by atoms with E-state index in [2.05, 4.69) is 24.1 Å². The number of rotatable bonds is 0. The molecule has 2 N–H and O–H groups in total. The molecule has 0 saturated carbocycles. The lowest BCUT2D eigenvalue weighted by molar-refractivity contribution is 0.390. The highest BCUT2D eigenvalue weighted by Crippen LogP contribution is 2.31. The summed E-state index contributed by atoms with van der Waals surface area (Å²) in [7, 11) is 0. The van der Waals surface area contributed by atoms with Gasteiger partial charge in [-0.2, -0.15) is 0 Å². The van der Waals surface area contributed by atoms with E-state index >= 15 is 0 Å². The molecule has 0 amide bonds. The maximum Gasteiger partial charge on any atom is 0.0396 e. The summed E-state index contributed by atoms with van der Waals surface area (Å²) in [5, 5.41) is 0. The molecule has 1 aliphatic heterocycles. The van der Waals surface area contributed by atoms with E-state index < -0.39 is 0 Å². The van der Waals surface area contributed by atoms with E-state index in [1.54, 1.807) is 0 Å². The summed E-state index contributed by atoms with van der Waals surface area (Å²) < 4.78 is 0. The molecule has 0 aromatic rings. The highest BCUT2D eigenvalue weighted by molar-refractivity contribution is 5.81. The van der Waals surface area contributed by atoms with Gasteiger partial charge in [0.2, 0.25) is 0 Å². The van der Waals surface area contributed by atoms with E-state index in [-0.39, 0.29) is 5.54 Å². The van der Waals surface area contributed by atoms with Crippen molar-refractivity contribution in [1.29, 1.82) is 0 Å². The second-order valence-corrected chi connectivity index (χ2v) is 3.77. The van der Waals surface area contributed by atoms with Gasteiger partial charge in [0.05, 0.1) is 0 Å². The van der Waals surface area contributed by atoms with Crippen LogP contribution in [0.1, 0.15) is 13.3 Å². The summed E-state index contributed by atoms with van der Waals surface area (Å²) in [6, 6.07) is 0. The van der Waals surface area contributed by atoms with Crippen molar-refractivity contribution in [2.75, 3.05) is 6.54 Å². The number of nitrogens with two attached hydrogens (primary N) is 1. The number of nitrogens with zero attached hydrogens (tertiary/aromatic N) is 1. The molecule has 1 aliphatic carbocycles. The molecule has 2 nitrogen and oxygen atoms in total. The fourth-order valence-corrected chi connectivity index (χ4v) is 1.94. The number of allylic oxidation sites excluding steroid dienone is 2. The first-order valence-electron chi connectivity index (χ1n) is 4.38. The largest absolute Gasteiger partial charge is 0.322 e. The molecule has 2 unspecified atom stereocenters. The average molecular weight is 162 g/mol. The first-order valence-corrected chi connectivity index (χ1v) is 4.38. The number of hydrogen-bond donors (Lipinski definition) is 1. The van der Waals surface area contributed by atoms with Crippen LogP contribution in [-0.4, -0.2) is 18.3 Å². The van der Waals surface area contributed by atoms with Gasteiger partial charge in [-0.1, -0.05) is 18.2 Å². The van der Waals surface area contributed by atoms with Crippen LogP contribution in [0.2, 0.25) is 0 Å². The van der Waals surface area contributed by atoms with Crippen LogP contribution in [0.15, 0.2) is 28.8 Å². The molecule has 0 spiro atoms. The molecule has 2 atom stereocenters. The van der Waals surface area contributed by atoms with Gasteiger partial charge < -0.3 is 5.73 Å². The molecular formula is C10H14N2. The van der Waals surface area contributed by atoms with Crippen LogP contribution in [0.4, 0.5) is 0 Å². The molecule has 0 saturated heterocycles. The minimum Gasteiger partial charge on any atom is -0.322 e. The Morgan fingerprint density at radius 1 is 1.67 bits per heavy atom. The predicted molar refractivity (Wildman–Crippen MR) is 51.3 cm³/mol. The van der Waals surface area contributed by atoms with Crippen LogP contribution in [0.3, 0.4) is 0 Å². The third kappa shape index (κ3) is 1.12. The zero-order valence-corrected chi connectivity index (χ0v) is 7.33. The fraction of sp³-hybridized carbons (Fsp3) is 0.500. The Labute approximate surface area is 72.9 Å². The molecule has 0 fully saturated rings.